The molecule has 100 valence electrons. The molecular formula is C15H23NO2. The van der Waals surface area contributed by atoms with Gasteiger partial charge in [-0.3, -0.25) is 4.79 Å². The largest absolute Gasteiger partial charge is 0.494 e. The van der Waals surface area contributed by atoms with E-state index < -0.39 is 0 Å². The lowest BCUT2D eigenvalue weighted by molar-refractivity contribution is 0.0936. The summed E-state index contributed by atoms with van der Waals surface area (Å²) in [4.78, 5) is 12.0. The van der Waals surface area contributed by atoms with E-state index in [1.54, 1.807) is 12.1 Å². The number of benzene rings is 1. The smallest absolute Gasteiger partial charge is 0.251 e. The van der Waals surface area contributed by atoms with E-state index in [-0.39, 0.29) is 11.9 Å². The van der Waals surface area contributed by atoms with Crippen LogP contribution in [0.2, 0.25) is 0 Å². The minimum absolute atomic E-state index is 0.0220. The highest BCUT2D eigenvalue weighted by atomic mass is 16.5. The molecule has 0 spiro atoms. The van der Waals surface area contributed by atoms with Crippen LogP contribution >= 0.6 is 0 Å². The molecule has 1 rings (SSSR count). The van der Waals surface area contributed by atoms with Crippen LogP contribution in [0, 0.1) is 5.92 Å². The average molecular weight is 249 g/mol. The van der Waals surface area contributed by atoms with Gasteiger partial charge >= 0.3 is 0 Å². The molecule has 0 saturated heterocycles. The van der Waals surface area contributed by atoms with E-state index in [1.807, 2.05) is 26.0 Å². The fraction of sp³-hybridized carbons (Fsp3) is 0.533. The second-order valence-electron chi connectivity index (χ2n) is 4.96. The third-order valence-corrected chi connectivity index (χ3v) is 2.63. The van der Waals surface area contributed by atoms with Crippen molar-refractivity contribution in [2.45, 2.75) is 40.2 Å². The molecule has 0 saturated carbocycles. The predicted molar refractivity (Wildman–Crippen MR) is 74.0 cm³/mol. The van der Waals surface area contributed by atoms with Crippen molar-refractivity contribution in [3.8, 4) is 5.75 Å². The van der Waals surface area contributed by atoms with Gasteiger partial charge in [0.1, 0.15) is 5.75 Å². The van der Waals surface area contributed by atoms with Gasteiger partial charge in [0, 0.05) is 11.6 Å². The van der Waals surface area contributed by atoms with Crippen LogP contribution in [0.4, 0.5) is 0 Å². The van der Waals surface area contributed by atoms with E-state index in [0.29, 0.717) is 18.1 Å². The molecule has 0 unspecified atom stereocenters. The van der Waals surface area contributed by atoms with Gasteiger partial charge in [-0.1, -0.05) is 13.8 Å². The van der Waals surface area contributed by atoms with Crippen LogP contribution in [-0.4, -0.2) is 18.6 Å². The molecule has 1 aromatic carbocycles. The lowest BCUT2D eigenvalue weighted by Gasteiger charge is -2.16. The number of carbonyl (C=O) groups excluding carboxylic acids is 1. The van der Waals surface area contributed by atoms with E-state index in [0.717, 1.165) is 12.2 Å². The molecule has 1 amide bonds. The topological polar surface area (TPSA) is 38.3 Å². The number of carbonyl (C=O) groups is 1. The Morgan fingerprint density at radius 3 is 2.33 bits per heavy atom. The zero-order valence-electron chi connectivity index (χ0n) is 11.7. The molecule has 1 N–H and O–H groups in total. The minimum Gasteiger partial charge on any atom is -0.494 e. The molecule has 18 heavy (non-hydrogen) atoms. The van der Waals surface area contributed by atoms with Crippen molar-refractivity contribution in [2.24, 2.45) is 5.92 Å². The van der Waals surface area contributed by atoms with E-state index in [4.69, 9.17) is 4.74 Å². The third kappa shape index (κ3) is 4.78. The Balaban J connectivity index is 2.56. The first-order valence-electron chi connectivity index (χ1n) is 6.56. The van der Waals surface area contributed by atoms with E-state index >= 15 is 0 Å². The maximum Gasteiger partial charge on any atom is 0.251 e. The molecule has 1 aromatic rings. The summed E-state index contributed by atoms with van der Waals surface area (Å²) in [5.74, 6) is 1.36. The molecule has 0 radical (unpaired) electrons. The molecular weight excluding hydrogens is 226 g/mol. The number of hydrogen-bond donors (Lipinski definition) is 1. The summed E-state index contributed by atoms with van der Waals surface area (Å²) in [6.07, 6.45) is 0.989. The summed E-state index contributed by atoms with van der Waals surface area (Å²) >= 11 is 0. The van der Waals surface area contributed by atoms with E-state index in [1.165, 1.54) is 0 Å². The maximum absolute atomic E-state index is 12.0. The van der Waals surface area contributed by atoms with Crippen LogP contribution in [-0.2, 0) is 0 Å². The lowest BCUT2D eigenvalue weighted by Crippen LogP contribution is -2.33. The summed E-state index contributed by atoms with van der Waals surface area (Å²) in [6, 6.07) is 7.44. The molecule has 0 aromatic heterocycles. The monoisotopic (exact) mass is 249 g/mol. The first-order valence-corrected chi connectivity index (χ1v) is 6.56. The quantitative estimate of drug-likeness (QED) is 0.840. The van der Waals surface area contributed by atoms with E-state index in [2.05, 4.69) is 19.2 Å². The Morgan fingerprint density at radius 2 is 1.83 bits per heavy atom. The molecule has 0 aliphatic rings. The summed E-state index contributed by atoms with van der Waals surface area (Å²) < 4.78 is 5.34. The Morgan fingerprint density at radius 1 is 1.22 bits per heavy atom. The Hall–Kier alpha value is -1.51. The second kappa shape index (κ2) is 7.04. The van der Waals surface area contributed by atoms with Crippen molar-refractivity contribution < 1.29 is 9.53 Å². The van der Waals surface area contributed by atoms with Crippen LogP contribution in [0.25, 0.3) is 0 Å². The first-order chi connectivity index (χ1) is 8.52. The van der Waals surface area contributed by atoms with Gasteiger partial charge in [-0.05, 0) is 50.5 Å². The Bertz CT molecular complexity index is 371. The normalized spacial score (nSPS) is 12.3. The zero-order chi connectivity index (χ0) is 13.5. The van der Waals surface area contributed by atoms with Gasteiger partial charge < -0.3 is 10.1 Å². The average Bonchev–Trinajstić information content (AvgIpc) is 2.29. The highest BCUT2D eigenvalue weighted by Crippen LogP contribution is 2.12. The standard InChI is InChI=1S/C15H23NO2/c1-5-18-14-8-6-13(7-9-14)15(17)16-12(4)10-11(2)3/h6-9,11-12H,5,10H2,1-4H3,(H,16,17)/t12-/m1/s1. The lowest BCUT2D eigenvalue weighted by atomic mass is 10.0. The summed E-state index contributed by atoms with van der Waals surface area (Å²) in [5.41, 5.74) is 0.675. The van der Waals surface area contributed by atoms with Crippen molar-refractivity contribution in [1.29, 1.82) is 0 Å². The van der Waals surface area contributed by atoms with Gasteiger partial charge in [-0.25, -0.2) is 0 Å². The summed E-state index contributed by atoms with van der Waals surface area (Å²) in [6.45, 7) is 8.91. The summed E-state index contributed by atoms with van der Waals surface area (Å²) in [7, 11) is 0. The van der Waals surface area contributed by atoms with Crippen LogP contribution in [0.3, 0.4) is 0 Å². The number of rotatable bonds is 6. The van der Waals surface area contributed by atoms with Crippen LogP contribution in [0.1, 0.15) is 44.5 Å². The number of ether oxygens (including phenoxy) is 1. The minimum atomic E-state index is -0.0220. The molecule has 1 atom stereocenters. The molecule has 0 heterocycles. The van der Waals surface area contributed by atoms with Gasteiger partial charge in [0.25, 0.3) is 5.91 Å². The second-order valence-corrected chi connectivity index (χ2v) is 4.96. The van der Waals surface area contributed by atoms with Gasteiger partial charge in [0.05, 0.1) is 6.61 Å². The Kier molecular flexibility index (Phi) is 5.69. The Labute approximate surface area is 110 Å². The molecule has 0 aliphatic heterocycles. The van der Waals surface area contributed by atoms with E-state index in [9.17, 15) is 4.79 Å². The number of amides is 1. The van der Waals surface area contributed by atoms with Crippen molar-refractivity contribution in [3.05, 3.63) is 29.8 Å². The van der Waals surface area contributed by atoms with Crippen LogP contribution in [0.15, 0.2) is 24.3 Å². The first kappa shape index (κ1) is 14.6. The van der Waals surface area contributed by atoms with Crippen molar-refractivity contribution in [1.82, 2.24) is 5.32 Å². The van der Waals surface area contributed by atoms with Gasteiger partial charge in [0.15, 0.2) is 0 Å². The molecule has 0 aliphatic carbocycles. The highest BCUT2D eigenvalue weighted by molar-refractivity contribution is 5.94. The number of nitrogens with one attached hydrogen (secondary N) is 1. The third-order valence-electron chi connectivity index (χ3n) is 2.63. The molecule has 0 bridgehead atoms. The van der Waals surface area contributed by atoms with Crippen molar-refractivity contribution >= 4 is 5.91 Å². The SMILES string of the molecule is CCOc1ccc(C(=O)N[C@H](C)CC(C)C)cc1. The van der Waals surface area contributed by atoms with Gasteiger partial charge in [-0.2, -0.15) is 0 Å². The van der Waals surface area contributed by atoms with Gasteiger partial charge in [0.2, 0.25) is 0 Å². The van der Waals surface area contributed by atoms with Crippen LogP contribution < -0.4 is 10.1 Å². The number of hydrogen-bond acceptors (Lipinski definition) is 2. The van der Waals surface area contributed by atoms with Crippen molar-refractivity contribution in [2.75, 3.05) is 6.61 Å². The van der Waals surface area contributed by atoms with Gasteiger partial charge in [-0.15, -0.1) is 0 Å². The molecule has 3 nitrogen and oxygen atoms in total. The highest BCUT2D eigenvalue weighted by Gasteiger charge is 2.10. The van der Waals surface area contributed by atoms with Crippen molar-refractivity contribution in [3.63, 3.8) is 0 Å². The van der Waals surface area contributed by atoms with Crippen LogP contribution in [0.5, 0.6) is 5.75 Å². The summed E-state index contributed by atoms with van der Waals surface area (Å²) in [5, 5.41) is 3.00. The fourth-order valence-electron chi connectivity index (χ4n) is 1.94. The molecule has 3 heteroatoms. The molecule has 0 fully saturated rings. The zero-order valence-corrected chi connectivity index (χ0v) is 11.7. The maximum atomic E-state index is 12.0. The predicted octanol–water partition coefficient (Wildman–Crippen LogP) is 3.25. The fourth-order valence-corrected chi connectivity index (χ4v) is 1.94.